The average molecular weight is 344 g/mol. The van der Waals surface area contributed by atoms with Crippen molar-refractivity contribution in [1.82, 2.24) is 10.1 Å². The lowest BCUT2D eigenvalue weighted by atomic mass is 10.0. The molecule has 25 heavy (non-hydrogen) atoms. The number of amides is 1. The van der Waals surface area contributed by atoms with E-state index in [0.29, 0.717) is 18.0 Å². The smallest absolute Gasteiger partial charge is 0.344 e. The highest BCUT2D eigenvalue weighted by molar-refractivity contribution is 5.93. The number of esters is 1. The molecule has 0 spiro atoms. The fraction of sp³-hybridized carbons (Fsp3) is 0.421. The van der Waals surface area contributed by atoms with Gasteiger partial charge in [-0.15, -0.1) is 0 Å². The van der Waals surface area contributed by atoms with Gasteiger partial charge in [0.15, 0.2) is 6.61 Å². The molecule has 6 nitrogen and oxygen atoms in total. The Morgan fingerprint density at radius 3 is 2.32 bits per heavy atom. The van der Waals surface area contributed by atoms with Gasteiger partial charge in [-0.25, -0.2) is 4.79 Å². The van der Waals surface area contributed by atoms with Gasteiger partial charge in [0, 0.05) is 12.1 Å². The summed E-state index contributed by atoms with van der Waals surface area (Å²) in [6.07, 6.45) is 0. The fourth-order valence-corrected chi connectivity index (χ4v) is 2.52. The lowest BCUT2D eigenvalue weighted by molar-refractivity contribution is -0.140. The second-order valence-electron chi connectivity index (χ2n) is 6.91. The summed E-state index contributed by atoms with van der Waals surface area (Å²) in [7, 11) is 0. The molecule has 0 aliphatic carbocycles. The predicted octanol–water partition coefficient (Wildman–Crippen LogP) is 3.28. The summed E-state index contributed by atoms with van der Waals surface area (Å²) in [5.41, 5.74) is 1.34. The van der Waals surface area contributed by atoms with Crippen LogP contribution in [0, 0.1) is 13.8 Å². The molecular formula is C19H24N2O4. The summed E-state index contributed by atoms with van der Waals surface area (Å²) in [5.74, 6) is -0.471. The highest BCUT2D eigenvalue weighted by atomic mass is 16.5. The van der Waals surface area contributed by atoms with Crippen molar-refractivity contribution in [2.45, 2.75) is 46.7 Å². The zero-order chi connectivity index (χ0) is 18.6. The SMILES string of the molecule is Cc1noc(C)c1C(=O)OCC(=O)N(Cc1ccccc1)C(C)(C)C. The third-order valence-corrected chi connectivity index (χ3v) is 3.86. The number of carbonyl (C=O) groups is 2. The average Bonchev–Trinajstić information content (AvgIpc) is 2.89. The van der Waals surface area contributed by atoms with Crippen molar-refractivity contribution in [2.24, 2.45) is 0 Å². The minimum Gasteiger partial charge on any atom is -0.452 e. The van der Waals surface area contributed by atoms with Crippen LogP contribution in [0.2, 0.25) is 0 Å². The number of ether oxygens (including phenoxy) is 1. The minimum absolute atomic E-state index is 0.253. The summed E-state index contributed by atoms with van der Waals surface area (Å²) >= 11 is 0. The topological polar surface area (TPSA) is 72.6 Å². The van der Waals surface area contributed by atoms with Crippen LogP contribution in [-0.4, -0.2) is 34.1 Å². The standard InChI is InChI=1S/C19H24N2O4/c1-13-17(14(2)25-20-13)18(23)24-12-16(22)21(19(3,4)5)11-15-9-7-6-8-10-15/h6-10H,11-12H2,1-5H3. The van der Waals surface area contributed by atoms with E-state index in [1.807, 2.05) is 51.1 Å². The van der Waals surface area contributed by atoms with Crippen LogP contribution in [0.1, 0.15) is 48.1 Å². The molecule has 2 aromatic rings. The van der Waals surface area contributed by atoms with Crippen molar-refractivity contribution in [3.05, 3.63) is 52.9 Å². The van der Waals surface area contributed by atoms with Crippen molar-refractivity contribution >= 4 is 11.9 Å². The van der Waals surface area contributed by atoms with Crippen LogP contribution in [0.3, 0.4) is 0 Å². The molecule has 1 amide bonds. The molecule has 1 heterocycles. The summed E-state index contributed by atoms with van der Waals surface area (Å²) in [6.45, 7) is 9.26. The van der Waals surface area contributed by atoms with Gasteiger partial charge in [0.05, 0.1) is 5.69 Å². The molecular weight excluding hydrogens is 320 g/mol. The largest absolute Gasteiger partial charge is 0.452 e. The van der Waals surface area contributed by atoms with Gasteiger partial charge in [-0.3, -0.25) is 4.79 Å². The van der Waals surface area contributed by atoms with E-state index >= 15 is 0 Å². The molecule has 1 aromatic heterocycles. The summed E-state index contributed by atoms with van der Waals surface area (Å²) in [6, 6.07) is 9.71. The first-order valence-corrected chi connectivity index (χ1v) is 8.14. The molecule has 6 heteroatoms. The zero-order valence-corrected chi connectivity index (χ0v) is 15.3. The maximum atomic E-state index is 12.6. The van der Waals surface area contributed by atoms with Crippen molar-refractivity contribution < 1.29 is 18.8 Å². The molecule has 1 aromatic carbocycles. The van der Waals surface area contributed by atoms with E-state index in [1.165, 1.54) is 0 Å². The Morgan fingerprint density at radius 2 is 1.80 bits per heavy atom. The van der Waals surface area contributed by atoms with Gasteiger partial charge in [-0.1, -0.05) is 35.5 Å². The first-order valence-electron chi connectivity index (χ1n) is 8.14. The van der Waals surface area contributed by atoms with Crippen LogP contribution >= 0.6 is 0 Å². The zero-order valence-electron chi connectivity index (χ0n) is 15.3. The van der Waals surface area contributed by atoms with Crippen LogP contribution < -0.4 is 0 Å². The Morgan fingerprint density at radius 1 is 1.16 bits per heavy atom. The van der Waals surface area contributed by atoms with Crippen LogP contribution in [0.5, 0.6) is 0 Å². The number of aromatic nitrogens is 1. The molecule has 0 saturated heterocycles. The van der Waals surface area contributed by atoms with Gasteiger partial charge in [0.1, 0.15) is 11.3 Å². The quantitative estimate of drug-likeness (QED) is 0.778. The Bertz CT molecular complexity index is 725. The van der Waals surface area contributed by atoms with Gasteiger partial charge < -0.3 is 14.2 Å². The van der Waals surface area contributed by atoms with E-state index in [9.17, 15) is 9.59 Å². The van der Waals surface area contributed by atoms with Crippen LogP contribution in [-0.2, 0) is 16.1 Å². The first kappa shape index (κ1) is 18.7. The van der Waals surface area contributed by atoms with Crippen molar-refractivity contribution in [1.29, 1.82) is 0 Å². The molecule has 2 rings (SSSR count). The number of hydrogen-bond donors (Lipinski definition) is 0. The predicted molar refractivity (Wildman–Crippen MR) is 93.0 cm³/mol. The summed E-state index contributed by atoms with van der Waals surface area (Å²) in [4.78, 5) is 26.5. The fourth-order valence-electron chi connectivity index (χ4n) is 2.52. The number of hydrogen-bond acceptors (Lipinski definition) is 5. The second-order valence-corrected chi connectivity index (χ2v) is 6.91. The number of carbonyl (C=O) groups excluding carboxylic acids is 2. The van der Waals surface area contributed by atoms with E-state index in [2.05, 4.69) is 5.16 Å². The summed E-state index contributed by atoms with van der Waals surface area (Å²) in [5, 5.41) is 3.72. The lowest BCUT2D eigenvalue weighted by Gasteiger charge is -2.35. The van der Waals surface area contributed by atoms with Crippen LogP contribution in [0.15, 0.2) is 34.9 Å². The second kappa shape index (κ2) is 7.51. The number of benzene rings is 1. The normalized spacial score (nSPS) is 11.2. The molecule has 0 N–H and O–H groups in total. The molecule has 0 bridgehead atoms. The molecule has 0 fully saturated rings. The molecule has 0 aliphatic rings. The minimum atomic E-state index is -0.599. The van der Waals surface area contributed by atoms with E-state index < -0.39 is 11.5 Å². The molecule has 0 radical (unpaired) electrons. The van der Waals surface area contributed by atoms with Crippen molar-refractivity contribution in [3.63, 3.8) is 0 Å². The maximum Gasteiger partial charge on any atom is 0.344 e. The van der Waals surface area contributed by atoms with Gasteiger partial charge in [0.25, 0.3) is 5.91 Å². The lowest BCUT2D eigenvalue weighted by Crippen LogP contribution is -2.46. The number of nitrogens with zero attached hydrogens (tertiary/aromatic N) is 2. The molecule has 134 valence electrons. The number of rotatable bonds is 5. The Labute approximate surface area is 147 Å². The monoisotopic (exact) mass is 344 g/mol. The Balaban J connectivity index is 2.06. The van der Waals surface area contributed by atoms with Crippen LogP contribution in [0.25, 0.3) is 0 Å². The third kappa shape index (κ3) is 4.68. The van der Waals surface area contributed by atoms with Gasteiger partial charge in [-0.05, 0) is 40.2 Å². The summed E-state index contributed by atoms with van der Waals surface area (Å²) < 4.78 is 10.2. The van der Waals surface area contributed by atoms with Crippen molar-refractivity contribution in [3.8, 4) is 0 Å². The maximum absolute atomic E-state index is 12.6. The molecule has 0 atom stereocenters. The molecule has 0 unspecified atom stereocenters. The Kier molecular flexibility index (Phi) is 5.62. The molecule has 0 saturated carbocycles. The Hall–Kier alpha value is -2.63. The van der Waals surface area contributed by atoms with E-state index in [-0.39, 0.29) is 18.1 Å². The van der Waals surface area contributed by atoms with Gasteiger partial charge >= 0.3 is 5.97 Å². The first-order chi connectivity index (χ1) is 11.7. The third-order valence-electron chi connectivity index (χ3n) is 3.86. The van der Waals surface area contributed by atoms with Gasteiger partial charge in [0.2, 0.25) is 0 Å². The highest BCUT2D eigenvalue weighted by Crippen LogP contribution is 2.19. The van der Waals surface area contributed by atoms with Crippen LogP contribution in [0.4, 0.5) is 0 Å². The van der Waals surface area contributed by atoms with Gasteiger partial charge in [-0.2, -0.15) is 0 Å². The number of aryl methyl sites for hydroxylation is 2. The van der Waals surface area contributed by atoms with E-state index in [4.69, 9.17) is 9.26 Å². The molecule has 0 aliphatic heterocycles. The highest BCUT2D eigenvalue weighted by Gasteiger charge is 2.28. The van der Waals surface area contributed by atoms with E-state index in [0.717, 1.165) is 5.56 Å². The van der Waals surface area contributed by atoms with Crippen molar-refractivity contribution in [2.75, 3.05) is 6.61 Å². The van der Waals surface area contributed by atoms with E-state index in [1.54, 1.807) is 18.7 Å².